The topological polar surface area (TPSA) is 42.0 Å². The number of hydrogen-bond donors (Lipinski definition) is 1. The van der Waals surface area contributed by atoms with Gasteiger partial charge in [0.25, 0.3) is 0 Å². The Morgan fingerprint density at radius 1 is 1.42 bits per heavy atom. The van der Waals surface area contributed by atoms with E-state index in [9.17, 15) is 4.21 Å². The average Bonchev–Trinajstić information content (AvgIpc) is 2.41. The lowest BCUT2D eigenvalue weighted by Gasteiger charge is -2.11. The number of rotatable bonds is 5. The Hall–Kier alpha value is -0.780. The van der Waals surface area contributed by atoms with E-state index in [1.165, 1.54) is 0 Å². The number of halogens is 1. The largest absolute Gasteiger partial charge is 0.311 e. The molecule has 0 fully saturated rings. The fraction of sp³-hybridized carbons (Fsp3) is 0.357. The molecule has 102 valence electrons. The predicted octanol–water partition coefficient (Wildman–Crippen LogP) is 2.85. The lowest BCUT2D eigenvalue weighted by atomic mass is 10.1. The Kier molecular flexibility index (Phi) is 5.07. The summed E-state index contributed by atoms with van der Waals surface area (Å²) in [4.78, 5) is 4.44. The number of nitrogens with one attached hydrogen (secondary N) is 1. The van der Waals surface area contributed by atoms with Crippen LogP contribution in [0.1, 0.15) is 12.5 Å². The molecule has 1 N–H and O–H groups in total. The van der Waals surface area contributed by atoms with Gasteiger partial charge in [-0.25, -0.2) is 0 Å². The standard InChI is InChI=1S/C14H17BrN2OS/c1-10(19(2)18)8-16-9-11-5-6-13(15)12-4-3-7-17-14(11)12/h3-7,10,16H,8-9H2,1-2H3/t10-,19+/m0/s1. The van der Waals surface area contributed by atoms with Crippen molar-refractivity contribution in [3.63, 3.8) is 0 Å². The fourth-order valence-corrected chi connectivity index (χ4v) is 2.67. The first-order chi connectivity index (χ1) is 9.09. The van der Waals surface area contributed by atoms with Crippen molar-refractivity contribution in [2.45, 2.75) is 18.7 Å². The van der Waals surface area contributed by atoms with E-state index in [2.05, 4.69) is 38.4 Å². The molecular weight excluding hydrogens is 324 g/mol. The maximum Gasteiger partial charge on any atom is 0.0758 e. The number of nitrogens with zero attached hydrogens (tertiary/aromatic N) is 1. The minimum Gasteiger partial charge on any atom is -0.311 e. The summed E-state index contributed by atoms with van der Waals surface area (Å²) in [5, 5.41) is 4.63. The molecular formula is C14H17BrN2OS. The zero-order valence-corrected chi connectivity index (χ0v) is 13.4. The highest BCUT2D eigenvalue weighted by atomic mass is 79.9. The van der Waals surface area contributed by atoms with Crippen LogP contribution in [0.25, 0.3) is 10.9 Å². The first-order valence-corrected chi connectivity index (χ1v) is 8.56. The minimum absolute atomic E-state index is 0.162. The molecule has 0 aliphatic carbocycles. The molecule has 0 unspecified atom stereocenters. The van der Waals surface area contributed by atoms with Crippen LogP contribution in [0.5, 0.6) is 0 Å². The second-order valence-corrected chi connectivity index (χ2v) is 7.20. The SMILES string of the molecule is C[C@@H](CNCc1ccc(Br)c2cccnc12)[S@@](C)=O. The molecule has 5 heteroatoms. The maximum atomic E-state index is 11.3. The van der Waals surface area contributed by atoms with Crippen molar-refractivity contribution in [1.82, 2.24) is 10.3 Å². The van der Waals surface area contributed by atoms with E-state index < -0.39 is 10.8 Å². The number of aromatic nitrogens is 1. The summed E-state index contributed by atoms with van der Waals surface area (Å²) in [7, 11) is -0.785. The van der Waals surface area contributed by atoms with Crippen molar-refractivity contribution in [2.24, 2.45) is 0 Å². The summed E-state index contributed by atoms with van der Waals surface area (Å²) in [5.74, 6) is 0. The van der Waals surface area contributed by atoms with Gasteiger partial charge in [0.05, 0.1) is 5.52 Å². The van der Waals surface area contributed by atoms with Gasteiger partial charge in [-0.3, -0.25) is 9.19 Å². The summed E-state index contributed by atoms with van der Waals surface area (Å²) in [6.07, 6.45) is 3.55. The molecule has 0 radical (unpaired) electrons. The minimum atomic E-state index is -0.785. The van der Waals surface area contributed by atoms with Crippen molar-refractivity contribution >= 4 is 37.6 Å². The molecule has 2 rings (SSSR count). The van der Waals surface area contributed by atoms with Crippen LogP contribution < -0.4 is 5.32 Å². The fourth-order valence-electron chi connectivity index (χ4n) is 1.87. The van der Waals surface area contributed by atoms with Crippen LogP contribution in [0, 0.1) is 0 Å². The van der Waals surface area contributed by atoms with Gasteiger partial charge in [0, 0.05) is 51.5 Å². The molecule has 2 atom stereocenters. The highest BCUT2D eigenvalue weighted by molar-refractivity contribution is 9.10. The number of fused-ring (bicyclic) bond motifs is 1. The van der Waals surface area contributed by atoms with Crippen LogP contribution in [0.3, 0.4) is 0 Å². The van der Waals surface area contributed by atoms with E-state index in [0.29, 0.717) is 0 Å². The molecule has 0 aliphatic rings. The third kappa shape index (κ3) is 3.61. The zero-order valence-electron chi connectivity index (χ0n) is 11.0. The van der Waals surface area contributed by atoms with E-state index >= 15 is 0 Å². The summed E-state index contributed by atoms with van der Waals surface area (Å²) < 4.78 is 12.4. The number of pyridine rings is 1. The van der Waals surface area contributed by atoms with E-state index in [4.69, 9.17) is 0 Å². The molecule has 1 aromatic carbocycles. The third-order valence-corrected chi connectivity index (χ3v) is 5.11. The molecule has 0 bridgehead atoms. The zero-order chi connectivity index (χ0) is 13.8. The second kappa shape index (κ2) is 6.59. The van der Waals surface area contributed by atoms with Crippen LogP contribution >= 0.6 is 15.9 Å². The van der Waals surface area contributed by atoms with Crippen LogP contribution in [0.4, 0.5) is 0 Å². The highest BCUT2D eigenvalue weighted by Crippen LogP contribution is 2.25. The first-order valence-electron chi connectivity index (χ1n) is 6.14. The van der Waals surface area contributed by atoms with Gasteiger partial charge in [-0.1, -0.05) is 28.1 Å². The Labute approximate surface area is 124 Å². The van der Waals surface area contributed by atoms with Gasteiger partial charge in [-0.15, -0.1) is 0 Å². The molecule has 3 nitrogen and oxygen atoms in total. The molecule has 0 saturated carbocycles. The number of hydrogen-bond acceptors (Lipinski definition) is 3. The third-order valence-electron chi connectivity index (χ3n) is 3.11. The first kappa shape index (κ1) is 14.6. The smallest absolute Gasteiger partial charge is 0.0758 e. The van der Waals surface area contributed by atoms with Crippen LogP contribution in [0.2, 0.25) is 0 Å². The lowest BCUT2D eigenvalue weighted by molar-refractivity contribution is 0.648. The summed E-state index contributed by atoms with van der Waals surface area (Å²) in [6, 6.07) is 8.11. The Bertz CT molecular complexity index is 603. The Morgan fingerprint density at radius 3 is 2.95 bits per heavy atom. The molecule has 1 aromatic heterocycles. The Balaban J connectivity index is 2.13. The molecule has 2 aromatic rings. The van der Waals surface area contributed by atoms with E-state index in [1.807, 2.05) is 25.3 Å². The maximum absolute atomic E-state index is 11.3. The van der Waals surface area contributed by atoms with Crippen molar-refractivity contribution in [1.29, 1.82) is 0 Å². The summed E-state index contributed by atoms with van der Waals surface area (Å²) in [5.41, 5.74) is 2.17. The van der Waals surface area contributed by atoms with Crippen LogP contribution in [0.15, 0.2) is 34.9 Å². The van der Waals surface area contributed by atoms with Gasteiger partial charge in [-0.2, -0.15) is 0 Å². The molecule has 0 saturated heterocycles. The summed E-state index contributed by atoms with van der Waals surface area (Å²) in [6.45, 7) is 3.47. The van der Waals surface area contributed by atoms with Crippen molar-refractivity contribution in [3.8, 4) is 0 Å². The Morgan fingerprint density at radius 2 is 2.21 bits per heavy atom. The average molecular weight is 341 g/mol. The predicted molar refractivity (Wildman–Crippen MR) is 84.7 cm³/mol. The van der Waals surface area contributed by atoms with Crippen molar-refractivity contribution in [3.05, 3.63) is 40.5 Å². The normalized spacial score (nSPS) is 14.5. The summed E-state index contributed by atoms with van der Waals surface area (Å²) >= 11 is 3.54. The van der Waals surface area contributed by atoms with Crippen LogP contribution in [-0.4, -0.2) is 27.2 Å². The molecule has 1 heterocycles. The molecule has 0 amide bonds. The van der Waals surface area contributed by atoms with Gasteiger partial charge in [0.1, 0.15) is 0 Å². The van der Waals surface area contributed by atoms with Crippen molar-refractivity contribution < 1.29 is 4.21 Å². The van der Waals surface area contributed by atoms with Crippen LogP contribution in [-0.2, 0) is 17.3 Å². The molecule has 0 aliphatic heterocycles. The van der Waals surface area contributed by atoms with E-state index in [0.717, 1.165) is 34.0 Å². The monoisotopic (exact) mass is 340 g/mol. The van der Waals surface area contributed by atoms with E-state index in [1.54, 1.807) is 6.26 Å². The van der Waals surface area contributed by atoms with Gasteiger partial charge < -0.3 is 5.32 Å². The quantitative estimate of drug-likeness (QED) is 0.909. The second-order valence-electron chi connectivity index (χ2n) is 4.55. The highest BCUT2D eigenvalue weighted by Gasteiger charge is 2.08. The van der Waals surface area contributed by atoms with Crippen molar-refractivity contribution in [2.75, 3.05) is 12.8 Å². The van der Waals surface area contributed by atoms with Gasteiger partial charge >= 0.3 is 0 Å². The van der Waals surface area contributed by atoms with E-state index in [-0.39, 0.29) is 5.25 Å². The lowest BCUT2D eigenvalue weighted by Crippen LogP contribution is -2.27. The number of benzene rings is 1. The molecule has 19 heavy (non-hydrogen) atoms. The molecule has 0 spiro atoms. The van der Waals surface area contributed by atoms with Gasteiger partial charge in [0.15, 0.2) is 0 Å². The van der Waals surface area contributed by atoms with Gasteiger partial charge in [0.2, 0.25) is 0 Å². The van der Waals surface area contributed by atoms with Gasteiger partial charge in [-0.05, 0) is 24.6 Å².